The van der Waals surface area contributed by atoms with Crippen LogP contribution in [0.3, 0.4) is 0 Å². The molecule has 0 spiro atoms. The zero-order valence-corrected chi connectivity index (χ0v) is 43.2. The van der Waals surface area contributed by atoms with Gasteiger partial charge >= 0.3 is 0 Å². The first-order valence-corrected chi connectivity index (χ1v) is 26.4. The number of thiophene rings is 1. The van der Waals surface area contributed by atoms with E-state index >= 15 is 0 Å². The highest BCUT2D eigenvalue weighted by Crippen LogP contribution is 2.50. The van der Waals surface area contributed by atoms with Crippen molar-refractivity contribution in [3.63, 3.8) is 0 Å². The molecule has 4 aliphatic rings. The Kier molecular flexibility index (Phi) is 14.1. The molecule has 1 saturated heterocycles. The third-order valence-electron chi connectivity index (χ3n) is 14.7. The molecule has 1 aromatic carbocycles. The van der Waals surface area contributed by atoms with Gasteiger partial charge in [0.15, 0.2) is 0 Å². The number of aliphatic hydroxyl groups excluding tert-OH is 1. The number of amides is 3. The van der Waals surface area contributed by atoms with Crippen LogP contribution in [0, 0.1) is 29.1 Å². The van der Waals surface area contributed by atoms with Crippen molar-refractivity contribution in [2.75, 3.05) is 36.8 Å². The quantitative estimate of drug-likeness (QED) is 0.0868. The number of nitrogens with zero attached hydrogens (tertiary/aromatic N) is 9. The van der Waals surface area contributed by atoms with Crippen molar-refractivity contribution in [3.8, 4) is 28.0 Å². The lowest BCUT2D eigenvalue weighted by Gasteiger charge is -2.36. The number of carbonyl (C=O) groups is 4. The maximum Gasteiger partial charge on any atom is 0.246 e. The fraction of sp³-hybridized carbons (Fsp3) is 0.500. The largest absolute Gasteiger partial charge is 0.391 e. The average Bonchev–Trinajstić information content (AvgIpc) is 3.59. The molecule has 5 atom stereocenters. The molecule has 3 amide bonds. The summed E-state index contributed by atoms with van der Waals surface area (Å²) in [5, 5.41) is 31.4. The van der Waals surface area contributed by atoms with Gasteiger partial charge in [-0.05, 0) is 94.2 Å². The third-order valence-corrected chi connectivity index (χ3v) is 16.7. The summed E-state index contributed by atoms with van der Waals surface area (Å²) in [7, 11) is 0. The minimum atomic E-state index is -1.21. The van der Waals surface area contributed by atoms with E-state index in [4.69, 9.17) is 20.2 Å². The molecule has 5 aromatic rings. The number of nitrogens with one attached hydrogen (secondary N) is 2. The molecular formula is C52H62N12O6S2. The lowest BCUT2D eigenvalue weighted by atomic mass is 9.72. The summed E-state index contributed by atoms with van der Waals surface area (Å²) in [4.78, 5) is 82.4. The van der Waals surface area contributed by atoms with Gasteiger partial charge in [0.1, 0.15) is 40.0 Å². The van der Waals surface area contributed by atoms with Crippen molar-refractivity contribution in [3.05, 3.63) is 87.5 Å². The highest BCUT2D eigenvalue weighted by Gasteiger charge is 2.57. The molecule has 378 valence electrons. The second-order valence-electron chi connectivity index (χ2n) is 20.9. The van der Waals surface area contributed by atoms with Gasteiger partial charge in [-0.3, -0.25) is 19.2 Å². The zero-order chi connectivity index (χ0) is 51.1. The number of carbonyl (C=O) groups excluding carboxylic acids is 4. The molecule has 2 aliphatic carbocycles. The number of Topliss-reactive ketones (excluding diaryl/α,β-unsaturated/α-hetero) is 1. The topological polar surface area (TPSA) is 250 Å². The first kappa shape index (κ1) is 50.4. The predicted molar refractivity (Wildman–Crippen MR) is 273 cm³/mol. The Bertz CT molecular complexity index is 2930. The van der Waals surface area contributed by atoms with Crippen LogP contribution in [0.25, 0.3) is 22.0 Å². The Morgan fingerprint density at radius 3 is 2.57 bits per heavy atom. The Morgan fingerprint density at radius 2 is 1.86 bits per heavy atom. The lowest BCUT2D eigenvalue weighted by Crippen LogP contribution is -2.59. The van der Waals surface area contributed by atoms with E-state index < -0.39 is 46.2 Å². The van der Waals surface area contributed by atoms with E-state index in [1.807, 2.05) is 76.7 Å². The fourth-order valence-electron chi connectivity index (χ4n) is 10.4. The Hall–Kier alpha value is -6.56. The highest BCUT2D eigenvalue weighted by molar-refractivity contribution is 7.16. The molecule has 2 fully saturated rings. The number of rotatable bonds is 15. The van der Waals surface area contributed by atoms with E-state index in [9.17, 15) is 29.5 Å². The molecule has 1 saturated carbocycles. The summed E-state index contributed by atoms with van der Waals surface area (Å²) < 4.78 is 5.88. The van der Waals surface area contributed by atoms with Gasteiger partial charge in [0.2, 0.25) is 35.4 Å². The SMILES string of the molecule is Cc1ncsc1-c1ccc(CNC(=O)[C@@H]2C[C@@H](O)CN2C(=O)[C@@H](NC(=O)C2(C(=O)CCCN3C=CCN(c4nccc(-c5noc([C@@]6(C)CCCc7sc(N)c(C#N)c76)n5)n4)[C@@H](C)C3)CC2)C(C)(C)C)cc1. The van der Waals surface area contributed by atoms with Crippen LogP contribution in [0.5, 0.6) is 0 Å². The van der Waals surface area contributed by atoms with Crippen LogP contribution in [0.4, 0.5) is 10.9 Å². The average molecular weight is 1020 g/mol. The number of nitrogen functional groups attached to an aromatic ring is 1. The Labute approximate surface area is 427 Å². The van der Waals surface area contributed by atoms with Crippen LogP contribution in [-0.2, 0) is 37.6 Å². The third kappa shape index (κ3) is 9.98. The van der Waals surface area contributed by atoms with Gasteiger partial charge in [0.25, 0.3) is 0 Å². The number of aliphatic hydroxyl groups is 1. The number of fused-ring (bicyclic) bond motifs is 1. The van der Waals surface area contributed by atoms with Crippen molar-refractivity contribution < 1.29 is 28.8 Å². The molecule has 9 rings (SSSR count). The van der Waals surface area contributed by atoms with Crippen LogP contribution >= 0.6 is 22.7 Å². The first-order valence-electron chi connectivity index (χ1n) is 24.7. The number of aromatic nitrogens is 5. The number of ketones is 1. The molecule has 2 aliphatic heterocycles. The predicted octanol–water partition coefficient (Wildman–Crippen LogP) is 6.08. The second-order valence-corrected chi connectivity index (χ2v) is 22.9. The summed E-state index contributed by atoms with van der Waals surface area (Å²) in [6.45, 7) is 13.5. The standard InChI is InChI=1S/C52H62N12O6S2/c1-30-27-62(22-9-23-63(30)49-55-20-16-36(58-49)44-60-48(70-61-44)51(6)17-7-10-38-40(51)35(25-53)43(54)72-38)21-8-11-39(66)52(18-19-52)47(69)59-42(50(3,4)5)46(68)64-28-34(65)24-37(64)45(67)56-26-32-12-14-33(15-13-32)41-31(2)57-29-71-41/h9,12-16,20,22,29-30,34,37,42,65H,7-8,10-11,17-19,21,23-24,26-28,54H2,1-6H3,(H,56,67)(H,59,69)/t30-,34+,37-,42+,51-/m0/s1. The van der Waals surface area contributed by atoms with Crippen molar-refractivity contribution in [2.24, 2.45) is 10.8 Å². The summed E-state index contributed by atoms with van der Waals surface area (Å²) >= 11 is 3.02. The van der Waals surface area contributed by atoms with Gasteiger partial charge in [0.05, 0.1) is 33.2 Å². The monoisotopic (exact) mass is 1010 g/mol. The van der Waals surface area contributed by atoms with Gasteiger partial charge in [-0.15, -0.1) is 22.7 Å². The van der Waals surface area contributed by atoms with Gasteiger partial charge in [-0.25, -0.2) is 15.0 Å². The number of β-amino-alcohol motifs (C(OH)–C–C–N with tert-alkyl or cyclic N) is 1. The molecule has 20 heteroatoms. The number of hydrogen-bond acceptors (Lipinski definition) is 17. The van der Waals surface area contributed by atoms with Crippen LogP contribution in [0.15, 0.2) is 58.8 Å². The van der Waals surface area contributed by atoms with Crippen LogP contribution in [-0.4, -0.2) is 114 Å². The molecule has 18 nitrogen and oxygen atoms in total. The molecule has 5 N–H and O–H groups in total. The molecular weight excluding hydrogens is 953 g/mol. The number of benzene rings is 1. The Balaban J connectivity index is 0.778. The van der Waals surface area contributed by atoms with Gasteiger partial charge in [-0.2, -0.15) is 10.2 Å². The molecule has 0 unspecified atom stereocenters. The second kappa shape index (κ2) is 20.2. The van der Waals surface area contributed by atoms with E-state index in [0.717, 1.165) is 51.4 Å². The minimum absolute atomic E-state index is 0.0220. The summed E-state index contributed by atoms with van der Waals surface area (Å²) in [5.74, 6) is -0.248. The van der Waals surface area contributed by atoms with E-state index in [0.29, 0.717) is 72.8 Å². The van der Waals surface area contributed by atoms with Crippen LogP contribution in [0.2, 0.25) is 0 Å². The molecule has 72 heavy (non-hydrogen) atoms. The zero-order valence-electron chi connectivity index (χ0n) is 41.6. The van der Waals surface area contributed by atoms with Crippen molar-refractivity contribution in [1.82, 2.24) is 45.5 Å². The van der Waals surface area contributed by atoms with Gasteiger partial charge < -0.3 is 40.7 Å². The first-order chi connectivity index (χ1) is 34.4. The Morgan fingerprint density at radius 1 is 1.08 bits per heavy atom. The maximum absolute atomic E-state index is 14.4. The number of nitrogens with two attached hydrogens (primary N) is 1. The normalized spacial score (nSPS) is 21.9. The molecule has 0 radical (unpaired) electrons. The summed E-state index contributed by atoms with van der Waals surface area (Å²) in [6, 6.07) is 9.90. The molecule has 0 bridgehead atoms. The smallest absolute Gasteiger partial charge is 0.246 e. The number of nitriles is 1. The van der Waals surface area contributed by atoms with E-state index in [-0.39, 0.29) is 43.7 Å². The lowest BCUT2D eigenvalue weighted by molar-refractivity contribution is -0.146. The van der Waals surface area contributed by atoms with Crippen LogP contribution in [0.1, 0.15) is 113 Å². The fourth-order valence-corrected chi connectivity index (χ4v) is 12.4. The van der Waals surface area contributed by atoms with Gasteiger partial charge in [0, 0.05) is 68.2 Å². The van der Waals surface area contributed by atoms with E-state index in [2.05, 4.69) is 48.6 Å². The van der Waals surface area contributed by atoms with Crippen molar-refractivity contribution in [1.29, 1.82) is 5.26 Å². The molecule has 6 heterocycles. The van der Waals surface area contributed by atoms with E-state index in [1.165, 1.54) is 16.2 Å². The maximum atomic E-state index is 14.4. The van der Waals surface area contributed by atoms with Gasteiger partial charge in [-0.1, -0.05) is 50.2 Å². The number of thiazole rings is 1. The molecule has 4 aromatic heterocycles. The minimum Gasteiger partial charge on any atom is -0.391 e. The summed E-state index contributed by atoms with van der Waals surface area (Å²) in [6.07, 6.45) is 8.89. The highest BCUT2D eigenvalue weighted by atomic mass is 32.1. The number of likely N-dealkylation sites (tertiary alicyclic amines) is 1. The number of hydrogen-bond donors (Lipinski definition) is 4. The van der Waals surface area contributed by atoms with E-state index in [1.54, 1.807) is 23.6 Å². The summed E-state index contributed by atoms with van der Waals surface area (Å²) in [5.41, 5.74) is 10.2. The number of anilines is 2. The van der Waals surface area contributed by atoms with Crippen molar-refractivity contribution in [2.45, 2.75) is 129 Å². The number of aryl methyl sites for hydroxylation is 2. The van der Waals surface area contributed by atoms with Crippen molar-refractivity contribution >= 4 is 57.1 Å². The van der Waals surface area contributed by atoms with Crippen LogP contribution < -0.4 is 21.3 Å².